The average molecular weight is 278 g/mol. The van der Waals surface area contributed by atoms with Crippen molar-refractivity contribution in [2.24, 2.45) is 0 Å². The van der Waals surface area contributed by atoms with Crippen molar-refractivity contribution in [3.05, 3.63) is 34.3 Å². The first kappa shape index (κ1) is 13.7. The van der Waals surface area contributed by atoms with E-state index in [0.717, 1.165) is 25.0 Å². The maximum Gasteiger partial charge on any atom is 0.416 e. The topological polar surface area (TPSA) is 12.0 Å². The van der Waals surface area contributed by atoms with Gasteiger partial charge in [-0.15, -0.1) is 0 Å². The van der Waals surface area contributed by atoms with Gasteiger partial charge in [-0.25, -0.2) is 0 Å². The van der Waals surface area contributed by atoms with Gasteiger partial charge in [-0.05, 0) is 36.6 Å². The minimum Gasteiger partial charge on any atom is -0.310 e. The van der Waals surface area contributed by atoms with Gasteiger partial charge in [0.2, 0.25) is 0 Å². The number of alkyl halides is 3. The van der Waals surface area contributed by atoms with Crippen LogP contribution in [0.25, 0.3) is 0 Å². The quantitative estimate of drug-likeness (QED) is 0.864. The van der Waals surface area contributed by atoms with E-state index in [9.17, 15) is 13.2 Å². The van der Waals surface area contributed by atoms with Crippen LogP contribution < -0.4 is 5.32 Å². The number of halogens is 4. The molecule has 0 unspecified atom stereocenters. The summed E-state index contributed by atoms with van der Waals surface area (Å²) in [5, 5.41) is 3.65. The van der Waals surface area contributed by atoms with Crippen molar-refractivity contribution in [2.75, 3.05) is 0 Å². The lowest BCUT2D eigenvalue weighted by Crippen LogP contribution is -2.25. The molecule has 18 heavy (non-hydrogen) atoms. The molecule has 0 heterocycles. The van der Waals surface area contributed by atoms with Crippen LogP contribution in [0.4, 0.5) is 13.2 Å². The normalized spacial score (nSPS) is 17.3. The van der Waals surface area contributed by atoms with Crippen LogP contribution in [-0.4, -0.2) is 6.04 Å². The van der Waals surface area contributed by atoms with Crippen LogP contribution in [0.2, 0.25) is 5.02 Å². The highest BCUT2D eigenvalue weighted by Crippen LogP contribution is 2.32. The summed E-state index contributed by atoms with van der Waals surface area (Å²) in [5.41, 5.74) is -0.131. The lowest BCUT2D eigenvalue weighted by atomic mass is 10.1. The lowest BCUT2D eigenvalue weighted by Gasteiger charge is -2.14. The van der Waals surface area contributed by atoms with E-state index in [4.69, 9.17) is 11.6 Å². The number of benzene rings is 1. The molecule has 2 rings (SSSR count). The largest absolute Gasteiger partial charge is 0.416 e. The van der Waals surface area contributed by atoms with Gasteiger partial charge in [0.05, 0.1) is 5.56 Å². The van der Waals surface area contributed by atoms with E-state index in [2.05, 4.69) is 5.32 Å². The molecule has 1 nitrogen and oxygen atoms in total. The summed E-state index contributed by atoms with van der Waals surface area (Å²) < 4.78 is 37.7. The minimum atomic E-state index is -4.31. The third kappa shape index (κ3) is 3.39. The molecular formula is C13H15ClF3N. The smallest absolute Gasteiger partial charge is 0.310 e. The number of nitrogens with one attached hydrogen (secondary N) is 1. The number of rotatable bonds is 3. The van der Waals surface area contributed by atoms with Crippen LogP contribution in [-0.2, 0) is 12.7 Å². The highest BCUT2D eigenvalue weighted by Gasteiger charge is 2.30. The highest BCUT2D eigenvalue weighted by molar-refractivity contribution is 6.31. The van der Waals surface area contributed by atoms with Gasteiger partial charge in [0.1, 0.15) is 0 Å². The van der Waals surface area contributed by atoms with Crippen molar-refractivity contribution in [3.8, 4) is 0 Å². The first-order valence-electron chi connectivity index (χ1n) is 6.06. The molecule has 1 aromatic rings. The third-order valence-electron chi connectivity index (χ3n) is 3.31. The molecule has 1 N–H and O–H groups in total. The standard InChI is InChI=1S/C13H15ClF3N/c14-12-6-5-10(13(15,16)17)7-9(12)8-18-11-3-1-2-4-11/h5-7,11,18H,1-4,8H2. The predicted octanol–water partition coefficient (Wildman–Crippen LogP) is 4.39. The molecular weight excluding hydrogens is 263 g/mol. The summed E-state index contributed by atoms with van der Waals surface area (Å²) in [6, 6.07) is 3.87. The summed E-state index contributed by atoms with van der Waals surface area (Å²) in [4.78, 5) is 0. The second-order valence-corrected chi connectivity index (χ2v) is 5.07. The summed E-state index contributed by atoms with van der Waals surface area (Å²) in [6.45, 7) is 0.396. The van der Waals surface area contributed by atoms with Crippen LogP contribution >= 0.6 is 11.6 Å². The van der Waals surface area contributed by atoms with Crippen LogP contribution in [0, 0.1) is 0 Å². The molecule has 0 saturated heterocycles. The first-order valence-corrected chi connectivity index (χ1v) is 6.43. The van der Waals surface area contributed by atoms with Gasteiger partial charge in [-0.3, -0.25) is 0 Å². The Kier molecular flexibility index (Phi) is 4.17. The molecule has 1 aromatic carbocycles. The molecule has 0 aliphatic heterocycles. The Labute approximate surface area is 109 Å². The fourth-order valence-corrected chi connectivity index (χ4v) is 2.46. The van der Waals surface area contributed by atoms with E-state index < -0.39 is 11.7 Å². The van der Waals surface area contributed by atoms with E-state index >= 15 is 0 Å². The molecule has 0 aromatic heterocycles. The van der Waals surface area contributed by atoms with Gasteiger partial charge in [0, 0.05) is 17.6 Å². The highest BCUT2D eigenvalue weighted by atomic mass is 35.5. The van der Waals surface area contributed by atoms with Crippen molar-refractivity contribution in [1.82, 2.24) is 5.32 Å². The maximum atomic E-state index is 12.6. The predicted molar refractivity (Wildman–Crippen MR) is 65.5 cm³/mol. The molecule has 5 heteroatoms. The van der Waals surface area contributed by atoms with Crippen molar-refractivity contribution in [3.63, 3.8) is 0 Å². The summed E-state index contributed by atoms with van der Waals surface area (Å²) in [7, 11) is 0. The Bertz CT molecular complexity index is 411. The Balaban J connectivity index is 2.06. The van der Waals surface area contributed by atoms with Crippen molar-refractivity contribution < 1.29 is 13.2 Å². The molecule has 0 amide bonds. The van der Waals surface area contributed by atoms with Crippen molar-refractivity contribution >= 4 is 11.6 Å². The second kappa shape index (κ2) is 5.49. The summed E-state index contributed by atoms with van der Waals surface area (Å²) >= 11 is 5.92. The van der Waals surface area contributed by atoms with Gasteiger partial charge in [0.25, 0.3) is 0 Å². The second-order valence-electron chi connectivity index (χ2n) is 4.67. The van der Waals surface area contributed by atoms with Gasteiger partial charge in [-0.1, -0.05) is 24.4 Å². The molecule has 0 radical (unpaired) electrons. The van der Waals surface area contributed by atoms with Crippen LogP contribution in [0.3, 0.4) is 0 Å². The zero-order chi connectivity index (χ0) is 13.2. The summed E-state index contributed by atoms with van der Waals surface area (Å²) in [6.07, 6.45) is 0.252. The molecule has 0 atom stereocenters. The van der Waals surface area contributed by atoms with E-state index in [-0.39, 0.29) is 0 Å². The Morgan fingerprint density at radius 1 is 1.22 bits per heavy atom. The Hall–Kier alpha value is -0.740. The summed E-state index contributed by atoms with van der Waals surface area (Å²) in [5.74, 6) is 0. The van der Waals surface area contributed by atoms with Crippen molar-refractivity contribution in [1.29, 1.82) is 0 Å². The molecule has 1 aliphatic carbocycles. The minimum absolute atomic E-state index is 0.383. The average Bonchev–Trinajstić information content (AvgIpc) is 2.79. The van der Waals surface area contributed by atoms with Crippen LogP contribution in [0.5, 0.6) is 0 Å². The van der Waals surface area contributed by atoms with E-state index in [0.29, 0.717) is 23.2 Å². The monoisotopic (exact) mass is 277 g/mol. The molecule has 1 aliphatic rings. The fraction of sp³-hybridized carbons (Fsp3) is 0.538. The Morgan fingerprint density at radius 2 is 1.89 bits per heavy atom. The molecule has 100 valence electrons. The zero-order valence-corrected chi connectivity index (χ0v) is 10.6. The van der Waals surface area contributed by atoms with E-state index in [1.807, 2.05) is 0 Å². The fourth-order valence-electron chi connectivity index (χ4n) is 2.27. The molecule has 1 fully saturated rings. The maximum absolute atomic E-state index is 12.6. The van der Waals surface area contributed by atoms with E-state index in [1.54, 1.807) is 0 Å². The van der Waals surface area contributed by atoms with Gasteiger partial charge < -0.3 is 5.32 Å². The molecule has 1 saturated carbocycles. The molecule has 0 bridgehead atoms. The first-order chi connectivity index (χ1) is 8.47. The molecule has 0 spiro atoms. The van der Waals surface area contributed by atoms with Gasteiger partial charge >= 0.3 is 6.18 Å². The third-order valence-corrected chi connectivity index (χ3v) is 3.68. The SMILES string of the molecule is FC(F)(F)c1ccc(Cl)c(CNC2CCCC2)c1. The van der Waals surface area contributed by atoms with E-state index in [1.165, 1.54) is 18.9 Å². The van der Waals surface area contributed by atoms with Crippen molar-refractivity contribution in [2.45, 2.75) is 44.4 Å². The van der Waals surface area contributed by atoms with Gasteiger partial charge in [0.15, 0.2) is 0 Å². The number of hydrogen-bond donors (Lipinski definition) is 1. The van der Waals surface area contributed by atoms with Crippen LogP contribution in [0.15, 0.2) is 18.2 Å². The lowest BCUT2D eigenvalue weighted by molar-refractivity contribution is -0.137. The van der Waals surface area contributed by atoms with Gasteiger partial charge in [-0.2, -0.15) is 13.2 Å². The van der Waals surface area contributed by atoms with Crippen LogP contribution in [0.1, 0.15) is 36.8 Å². The number of hydrogen-bond acceptors (Lipinski definition) is 1. The Morgan fingerprint density at radius 3 is 2.50 bits per heavy atom. The zero-order valence-electron chi connectivity index (χ0n) is 9.86.